The normalized spacial score (nSPS) is 11.8. The zero-order valence-electron chi connectivity index (χ0n) is 12.0. The molecule has 4 nitrogen and oxygen atoms in total. The van der Waals surface area contributed by atoms with Gasteiger partial charge in [0.1, 0.15) is 12.1 Å². The van der Waals surface area contributed by atoms with Crippen molar-refractivity contribution in [2.45, 2.75) is 38.9 Å². The van der Waals surface area contributed by atoms with Crippen LogP contribution in [0.2, 0.25) is 0 Å². The highest BCUT2D eigenvalue weighted by atomic mass is 32.2. The van der Waals surface area contributed by atoms with Crippen LogP contribution >= 0.6 is 23.1 Å². The highest BCUT2D eigenvalue weighted by Crippen LogP contribution is 2.22. The van der Waals surface area contributed by atoms with Gasteiger partial charge in [0, 0.05) is 16.8 Å². The van der Waals surface area contributed by atoms with Crippen LogP contribution in [0.1, 0.15) is 25.6 Å². The first-order valence-electron chi connectivity index (χ1n) is 6.53. The Hall–Kier alpha value is -1.14. The summed E-state index contributed by atoms with van der Waals surface area (Å²) >= 11 is 3.23. The highest BCUT2D eigenvalue weighted by Gasteiger charge is 2.21. The molecule has 0 saturated heterocycles. The van der Waals surface area contributed by atoms with Gasteiger partial charge in [-0.15, -0.1) is 21.5 Å². The number of rotatable bonds is 6. The molecule has 6 heteroatoms. The first-order chi connectivity index (χ1) is 9.47. The van der Waals surface area contributed by atoms with Crippen molar-refractivity contribution >= 4 is 28.9 Å². The number of nitrogens with zero attached hydrogens (tertiary/aromatic N) is 3. The van der Waals surface area contributed by atoms with Crippen LogP contribution in [0.15, 0.2) is 29.0 Å². The molecule has 0 spiro atoms. The van der Waals surface area contributed by atoms with Crippen LogP contribution in [0.25, 0.3) is 0 Å². The van der Waals surface area contributed by atoms with E-state index in [1.807, 2.05) is 25.3 Å². The summed E-state index contributed by atoms with van der Waals surface area (Å²) in [7, 11) is 0. The van der Waals surface area contributed by atoms with E-state index in [1.165, 1.54) is 16.6 Å². The molecule has 2 aromatic heterocycles. The number of carbonyl (C=O) groups is 1. The van der Waals surface area contributed by atoms with Crippen molar-refractivity contribution in [1.82, 2.24) is 14.8 Å². The van der Waals surface area contributed by atoms with Gasteiger partial charge in [-0.25, -0.2) is 0 Å². The number of carbonyl (C=O) groups excluding carboxylic acids is 1. The van der Waals surface area contributed by atoms with Crippen LogP contribution in [-0.2, 0) is 17.8 Å². The first kappa shape index (κ1) is 15.3. The molecule has 2 heterocycles. The Labute approximate surface area is 127 Å². The molecule has 0 aliphatic rings. The van der Waals surface area contributed by atoms with Crippen LogP contribution < -0.4 is 0 Å². The minimum atomic E-state index is -0.297. The van der Waals surface area contributed by atoms with E-state index in [9.17, 15) is 4.79 Å². The maximum atomic E-state index is 11.9. The van der Waals surface area contributed by atoms with Crippen LogP contribution in [0.5, 0.6) is 0 Å². The summed E-state index contributed by atoms with van der Waals surface area (Å²) in [6.45, 7) is 6.67. The molecule has 0 saturated carbocycles. The van der Waals surface area contributed by atoms with Gasteiger partial charge >= 0.3 is 0 Å². The molecule has 0 fully saturated rings. The SMILES string of the molecule is CC(C)(C)C(=O)CSc1nncn1CCc1cccs1. The van der Waals surface area contributed by atoms with Gasteiger partial charge < -0.3 is 4.57 Å². The standard InChI is InChI=1S/C14H19N3OS2/c1-14(2,3)12(18)9-20-13-16-15-10-17(13)7-6-11-5-4-8-19-11/h4-5,8,10H,6-7,9H2,1-3H3. The van der Waals surface area contributed by atoms with Crippen molar-refractivity contribution in [3.05, 3.63) is 28.7 Å². The topological polar surface area (TPSA) is 47.8 Å². The van der Waals surface area contributed by atoms with E-state index in [0.717, 1.165) is 18.1 Å². The van der Waals surface area contributed by atoms with E-state index in [2.05, 4.69) is 27.7 Å². The monoisotopic (exact) mass is 309 g/mol. The van der Waals surface area contributed by atoms with Gasteiger partial charge in [-0.05, 0) is 17.9 Å². The third kappa shape index (κ3) is 4.18. The fourth-order valence-corrected chi connectivity index (χ4v) is 3.34. The lowest BCUT2D eigenvalue weighted by molar-refractivity contribution is -0.123. The summed E-state index contributed by atoms with van der Waals surface area (Å²) in [5.41, 5.74) is -0.297. The van der Waals surface area contributed by atoms with Gasteiger partial charge in [0.05, 0.1) is 5.75 Å². The van der Waals surface area contributed by atoms with Crippen LogP contribution in [0, 0.1) is 5.41 Å². The van der Waals surface area contributed by atoms with E-state index >= 15 is 0 Å². The Morgan fingerprint density at radius 1 is 1.45 bits per heavy atom. The second kappa shape index (κ2) is 6.54. The molecule has 0 N–H and O–H groups in total. The lowest BCUT2D eigenvalue weighted by Crippen LogP contribution is -2.22. The first-order valence-corrected chi connectivity index (χ1v) is 8.39. The van der Waals surface area contributed by atoms with Crippen molar-refractivity contribution in [1.29, 1.82) is 0 Å². The van der Waals surface area contributed by atoms with Gasteiger partial charge in [0.2, 0.25) is 0 Å². The van der Waals surface area contributed by atoms with Gasteiger partial charge in [0.25, 0.3) is 0 Å². The van der Waals surface area contributed by atoms with Gasteiger partial charge in [-0.3, -0.25) is 4.79 Å². The predicted molar refractivity (Wildman–Crippen MR) is 83.2 cm³/mol. The van der Waals surface area contributed by atoms with Crippen LogP contribution in [-0.4, -0.2) is 26.3 Å². The Bertz CT molecular complexity index is 555. The fourth-order valence-electron chi connectivity index (χ4n) is 1.54. The maximum Gasteiger partial charge on any atom is 0.191 e. The van der Waals surface area contributed by atoms with E-state index in [4.69, 9.17) is 0 Å². The van der Waals surface area contributed by atoms with Crippen molar-refractivity contribution in [3.8, 4) is 0 Å². The summed E-state index contributed by atoms with van der Waals surface area (Å²) in [5, 5.41) is 10.9. The Morgan fingerprint density at radius 2 is 2.25 bits per heavy atom. The van der Waals surface area contributed by atoms with Crippen molar-refractivity contribution in [3.63, 3.8) is 0 Å². The van der Waals surface area contributed by atoms with Crippen molar-refractivity contribution in [2.75, 3.05) is 5.75 Å². The van der Waals surface area contributed by atoms with Gasteiger partial charge in [-0.1, -0.05) is 38.6 Å². The summed E-state index contributed by atoms with van der Waals surface area (Å²) in [4.78, 5) is 13.3. The molecule has 0 radical (unpaired) electrons. The number of aromatic nitrogens is 3. The van der Waals surface area contributed by atoms with E-state index in [0.29, 0.717) is 5.75 Å². The van der Waals surface area contributed by atoms with E-state index in [1.54, 1.807) is 17.7 Å². The number of hydrogen-bond acceptors (Lipinski definition) is 5. The minimum Gasteiger partial charge on any atom is -0.308 e. The molecule has 2 rings (SSSR count). The molecule has 0 unspecified atom stereocenters. The lowest BCUT2D eigenvalue weighted by atomic mass is 9.92. The van der Waals surface area contributed by atoms with E-state index in [-0.39, 0.29) is 11.2 Å². The van der Waals surface area contributed by atoms with Crippen molar-refractivity contribution < 1.29 is 4.79 Å². The van der Waals surface area contributed by atoms with Crippen LogP contribution in [0.4, 0.5) is 0 Å². The number of aryl methyl sites for hydroxylation is 2. The quantitative estimate of drug-likeness (QED) is 0.768. The number of thiophene rings is 1. The number of thioether (sulfide) groups is 1. The molecule has 2 aromatic rings. The van der Waals surface area contributed by atoms with Crippen LogP contribution in [0.3, 0.4) is 0 Å². The average Bonchev–Trinajstić information content (AvgIpc) is 3.03. The zero-order valence-corrected chi connectivity index (χ0v) is 13.6. The third-order valence-electron chi connectivity index (χ3n) is 2.93. The van der Waals surface area contributed by atoms with E-state index < -0.39 is 0 Å². The summed E-state index contributed by atoms with van der Waals surface area (Å²) in [6.07, 6.45) is 2.70. The second-order valence-corrected chi connectivity index (χ2v) is 7.57. The summed E-state index contributed by atoms with van der Waals surface area (Å²) in [5.74, 6) is 0.677. The number of ketones is 1. The predicted octanol–water partition coefficient (Wildman–Crippen LogP) is 3.29. The molecule has 108 valence electrons. The molecule has 0 bridgehead atoms. The number of Topliss-reactive ketones (excluding diaryl/α,β-unsaturated/α-hetero) is 1. The lowest BCUT2D eigenvalue weighted by Gasteiger charge is -2.15. The second-order valence-electron chi connectivity index (χ2n) is 5.60. The molecule has 0 atom stereocenters. The van der Waals surface area contributed by atoms with Gasteiger partial charge in [-0.2, -0.15) is 0 Å². The average molecular weight is 309 g/mol. The maximum absolute atomic E-state index is 11.9. The smallest absolute Gasteiger partial charge is 0.191 e. The molecule has 0 aliphatic carbocycles. The molecular formula is C14H19N3OS2. The summed E-state index contributed by atoms with van der Waals surface area (Å²) < 4.78 is 2.01. The minimum absolute atomic E-state index is 0.232. The molecular weight excluding hydrogens is 290 g/mol. The Morgan fingerprint density at radius 3 is 2.90 bits per heavy atom. The largest absolute Gasteiger partial charge is 0.308 e. The molecule has 0 aromatic carbocycles. The molecule has 0 aliphatic heterocycles. The third-order valence-corrected chi connectivity index (χ3v) is 4.85. The fraction of sp³-hybridized carbons (Fsp3) is 0.500. The molecule has 20 heavy (non-hydrogen) atoms. The Kier molecular flexibility index (Phi) is 4.99. The highest BCUT2D eigenvalue weighted by molar-refractivity contribution is 7.99. The zero-order chi connectivity index (χ0) is 14.6. The molecule has 0 amide bonds. The Balaban J connectivity index is 1.90. The van der Waals surface area contributed by atoms with Crippen molar-refractivity contribution in [2.24, 2.45) is 5.41 Å². The summed E-state index contributed by atoms with van der Waals surface area (Å²) in [6, 6.07) is 4.19. The number of hydrogen-bond donors (Lipinski definition) is 0. The van der Waals surface area contributed by atoms with Gasteiger partial charge in [0.15, 0.2) is 5.16 Å².